The third kappa shape index (κ3) is 4.95. The van der Waals surface area contributed by atoms with Crippen molar-refractivity contribution in [3.05, 3.63) is 89.5 Å². The number of aliphatic hydroxyl groups is 1. The number of aliphatic hydroxyl groups excluding tert-OH is 1. The second-order valence-electron chi connectivity index (χ2n) is 6.59. The zero-order valence-electron chi connectivity index (χ0n) is 15.8. The van der Waals surface area contributed by atoms with Gasteiger partial charge in [-0.05, 0) is 54.8 Å². The number of rotatable bonds is 7. The number of hydrogen-bond acceptors (Lipinski definition) is 4. The van der Waals surface area contributed by atoms with Crippen molar-refractivity contribution in [2.24, 2.45) is 0 Å². The van der Waals surface area contributed by atoms with Crippen molar-refractivity contribution >= 4 is 27.5 Å². The monoisotopic (exact) mass is 413 g/mol. The largest absolute Gasteiger partial charge is 0.388 e. The Morgan fingerprint density at radius 3 is 2.32 bits per heavy atom. The van der Waals surface area contributed by atoms with Gasteiger partial charge in [-0.1, -0.05) is 48.5 Å². The van der Waals surface area contributed by atoms with Crippen LogP contribution in [0.25, 0.3) is 0 Å². The molecule has 0 heterocycles. The summed E-state index contributed by atoms with van der Waals surface area (Å²) in [6, 6.07) is 21.7. The molecule has 0 saturated heterocycles. The van der Waals surface area contributed by atoms with Gasteiger partial charge in [0.05, 0.1) is 16.7 Å². The van der Waals surface area contributed by atoms with Crippen LogP contribution < -0.4 is 4.72 Å². The van der Waals surface area contributed by atoms with Gasteiger partial charge in [-0.2, -0.15) is 0 Å². The van der Waals surface area contributed by atoms with Crippen molar-refractivity contribution in [1.82, 2.24) is 0 Å². The third-order valence-electron chi connectivity index (χ3n) is 4.50. The lowest BCUT2D eigenvalue weighted by molar-refractivity contribution is 0.204. The van der Waals surface area contributed by atoms with Gasteiger partial charge in [0.2, 0.25) is 0 Å². The molecule has 0 aliphatic heterocycles. The lowest BCUT2D eigenvalue weighted by Gasteiger charge is -2.15. The van der Waals surface area contributed by atoms with Gasteiger partial charge in [0.25, 0.3) is 10.0 Å². The summed E-state index contributed by atoms with van der Waals surface area (Å²) in [4.78, 5) is 1.00. The van der Waals surface area contributed by atoms with Gasteiger partial charge in [-0.25, -0.2) is 8.42 Å². The highest BCUT2D eigenvalue weighted by molar-refractivity contribution is 7.99. The van der Waals surface area contributed by atoms with Gasteiger partial charge in [0.15, 0.2) is 0 Å². The molecule has 146 valence electrons. The number of anilines is 1. The molecule has 0 spiro atoms. The molecule has 28 heavy (non-hydrogen) atoms. The predicted molar refractivity (Wildman–Crippen MR) is 115 cm³/mol. The maximum atomic E-state index is 12.8. The van der Waals surface area contributed by atoms with Gasteiger partial charge in [0.1, 0.15) is 0 Å². The molecule has 0 aromatic heterocycles. The van der Waals surface area contributed by atoms with Gasteiger partial charge < -0.3 is 5.11 Å². The second kappa shape index (κ2) is 8.82. The molecule has 0 saturated carbocycles. The minimum Gasteiger partial charge on any atom is -0.388 e. The maximum Gasteiger partial charge on any atom is 0.261 e. The van der Waals surface area contributed by atoms with E-state index in [1.54, 1.807) is 30.3 Å². The van der Waals surface area contributed by atoms with Gasteiger partial charge in [-0.15, -0.1) is 11.8 Å². The van der Waals surface area contributed by atoms with E-state index < -0.39 is 16.1 Å². The second-order valence-corrected chi connectivity index (χ2v) is 9.33. The molecule has 1 atom stereocenters. The van der Waals surface area contributed by atoms with Crippen molar-refractivity contribution in [2.45, 2.75) is 29.7 Å². The van der Waals surface area contributed by atoms with Crippen molar-refractivity contribution < 1.29 is 13.5 Å². The zero-order chi connectivity index (χ0) is 20.1. The van der Waals surface area contributed by atoms with Crippen LogP contribution in [0.3, 0.4) is 0 Å². The van der Waals surface area contributed by atoms with E-state index in [0.29, 0.717) is 11.4 Å². The lowest BCUT2D eigenvalue weighted by Crippen LogP contribution is -2.14. The number of benzene rings is 3. The summed E-state index contributed by atoms with van der Waals surface area (Å²) in [5, 5.41) is 10.4. The molecule has 0 unspecified atom stereocenters. The number of nitrogens with one attached hydrogen (secondary N) is 1. The van der Waals surface area contributed by atoms with Gasteiger partial charge in [0, 0.05) is 10.6 Å². The van der Waals surface area contributed by atoms with Crippen molar-refractivity contribution in [1.29, 1.82) is 0 Å². The number of para-hydroxylation sites is 1. The Bertz CT molecular complexity index is 1050. The topological polar surface area (TPSA) is 66.4 Å². The van der Waals surface area contributed by atoms with E-state index in [1.165, 1.54) is 11.8 Å². The van der Waals surface area contributed by atoms with Crippen LogP contribution in [-0.4, -0.2) is 19.3 Å². The number of sulfonamides is 1. The fourth-order valence-electron chi connectivity index (χ4n) is 2.70. The van der Waals surface area contributed by atoms with Gasteiger partial charge in [-0.3, -0.25) is 4.72 Å². The minimum absolute atomic E-state index is 0.236. The molecule has 3 aromatic carbocycles. The van der Waals surface area contributed by atoms with Crippen LogP contribution in [0.5, 0.6) is 0 Å². The fraction of sp³-hybridized carbons (Fsp3) is 0.182. The molecule has 0 amide bonds. The summed E-state index contributed by atoms with van der Waals surface area (Å²) in [5.41, 5.74) is 3.32. The Morgan fingerprint density at radius 1 is 0.929 bits per heavy atom. The van der Waals surface area contributed by atoms with Crippen LogP contribution in [0.1, 0.15) is 22.8 Å². The summed E-state index contributed by atoms with van der Waals surface area (Å²) in [6.07, 6.45) is -0.629. The van der Waals surface area contributed by atoms with Crippen LogP contribution in [-0.2, 0) is 10.0 Å². The molecule has 3 rings (SSSR count). The zero-order valence-corrected chi connectivity index (χ0v) is 17.4. The lowest BCUT2D eigenvalue weighted by atomic mass is 10.1. The van der Waals surface area contributed by atoms with Crippen LogP contribution >= 0.6 is 11.8 Å². The number of aryl methyl sites for hydroxylation is 2. The average Bonchev–Trinajstić information content (AvgIpc) is 2.69. The minimum atomic E-state index is -3.69. The third-order valence-corrected chi connectivity index (χ3v) is 7.01. The maximum absolute atomic E-state index is 12.8. The first-order valence-electron chi connectivity index (χ1n) is 8.92. The Kier molecular flexibility index (Phi) is 6.44. The van der Waals surface area contributed by atoms with Crippen molar-refractivity contribution in [3.8, 4) is 0 Å². The Hall–Kier alpha value is -2.28. The molecule has 0 radical (unpaired) electrons. The summed E-state index contributed by atoms with van der Waals surface area (Å²) in [5.74, 6) is 0.423. The molecular formula is C22H23NO3S2. The highest BCUT2D eigenvalue weighted by Gasteiger charge is 2.17. The van der Waals surface area contributed by atoms with E-state index in [0.717, 1.165) is 21.6 Å². The molecule has 0 aliphatic rings. The summed E-state index contributed by atoms with van der Waals surface area (Å²) < 4.78 is 28.3. The normalized spacial score (nSPS) is 12.5. The molecule has 3 aromatic rings. The average molecular weight is 414 g/mol. The van der Waals surface area contributed by atoms with Crippen LogP contribution in [0, 0.1) is 13.8 Å². The molecular weight excluding hydrogens is 390 g/mol. The summed E-state index contributed by atoms with van der Waals surface area (Å²) >= 11 is 1.41. The molecule has 0 aliphatic carbocycles. The first-order valence-corrected chi connectivity index (χ1v) is 11.4. The van der Waals surface area contributed by atoms with Gasteiger partial charge >= 0.3 is 0 Å². The smallest absolute Gasteiger partial charge is 0.261 e. The number of hydrogen-bond donors (Lipinski definition) is 2. The predicted octanol–water partition coefficient (Wildman–Crippen LogP) is 4.93. The molecule has 6 heteroatoms. The van der Waals surface area contributed by atoms with E-state index in [-0.39, 0.29) is 4.90 Å². The Labute approximate surface area is 170 Å². The van der Waals surface area contributed by atoms with E-state index in [4.69, 9.17) is 0 Å². The van der Waals surface area contributed by atoms with Crippen molar-refractivity contribution in [2.75, 3.05) is 10.5 Å². The molecule has 2 N–H and O–H groups in total. The summed E-state index contributed by atoms with van der Waals surface area (Å²) in [7, 11) is -3.69. The first kappa shape index (κ1) is 20.5. The molecule has 0 bridgehead atoms. The first-order chi connectivity index (χ1) is 13.4. The Balaban J connectivity index is 1.77. The van der Waals surface area contributed by atoms with Crippen LogP contribution in [0.2, 0.25) is 0 Å². The number of thioether (sulfide) groups is 1. The molecule has 4 nitrogen and oxygen atoms in total. The quantitative estimate of drug-likeness (QED) is 0.539. The SMILES string of the molecule is Cc1ccc(S(=O)(=O)Nc2ccccc2SC[C@@H](O)c2ccccc2)cc1C. The fourth-order valence-corrected chi connectivity index (χ4v) is 4.91. The van der Waals surface area contributed by atoms with Crippen LogP contribution in [0.4, 0.5) is 5.69 Å². The van der Waals surface area contributed by atoms with Crippen molar-refractivity contribution in [3.63, 3.8) is 0 Å². The van der Waals surface area contributed by atoms with Crippen LogP contribution in [0.15, 0.2) is 82.6 Å². The van der Waals surface area contributed by atoms with E-state index in [2.05, 4.69) is 4.72 Å². The highest BCUT2D eigenvalue weighted by Crippen LogP contribution is 2.32. The van der Waals surface area contributed by atoms with E-state index in [1.807, 2.05) is 56.3 Å². The Morgan fingerprint density at radius 2 is 1.61 bits per heavy atom. The van der Waals surface area contributed by atoms with E-state index >= 15 is 0 Å². The standard InChI is InChI=1S/C22H23NO3S2/c1-16-12-13-19(14-17(16)2)28(25,26)23-20-10-6-7-11-22(20)27-15-21(24)18-8-4-3-5-9-18/h3-14,21,23-24H,15H2,1-2H3/t21-/m1/s1. The highest BCUT2D eigenvalue weighted by atomic mass is 32.2. The molecule has 0 fully saturated rings. The summed E-state index contributed by atoms with van der Waals surface area (Å²) in [6.45, 7) is 3.84. The van der Waals surface area contributed by atoms with E-state index in [9.17, 15) is 13.5 Å².